The van der Waals surface area contributed by atoms with Crippen LogP contribution in [0.15, 0.2) is 66.7 Å². The molecule has 70 heavy (non-hydrogen) atoms. The Morgan fingerprint density at radius 2 is 1.49 bits per heavy atom. The number of likely N-dealkylation sites (N-methyl/N-ethyl adjacent to an activating group) is 2. The molecule has 1 saturated heterocycles. The number of sulfonamides is 1. The van der Waals surface area contributed by atoms with Gasteiger partial charge in [-0.3, -0.25) is 38.4 Å². The van der Waals surface area contributed by atoms with Crippen molar-refractivity contribution < 1.29 is 59.8 Å². The van der Waals surface area contributed by atoms with Gasteiger partial charge in [0.05, 0.1) is 42.4 Å². The molecule has 0 spiro atoms. The maximum Gasteiger partial charge on any atom is 0.471 e. The van der Waals surface area contributed by atoms with Gasteiger partial charge in [0.1, 0.15) is 18.1 Å². The van der Waals surface area contributed by atoms with Crippen molar-refractivity contribution in [3.8, 4) is 0 Å². The highest BCUT2D eigenvalue weighted by atomic mass is 32.2. The highest BCUT2D eigenvalue weighted by molar-refractivity contribution is 7.89. The summed E-state index contributed by atoms with van der Waals surface area (Å²) in [4.78, 5) is 86.3. The van der Waals surface area contributed by atoms with E-state index in [1.165, 1.54) is 26.4 Å². The predicted octanol–water partition coefficient (Wildman–Crippen LogP) is 4.43. The van der Waals surface area contributed by atoms with Crippen molar-refractivity contribution in [2.75, 3.05) is 47.2 Å². The van der Waals surface area contributed by atoms with Crippen molar-refractivity contribution in [3.05, 3.63) is 77.9 Å². The van der Waals surface area contributed by atoms with E-state index in [4.69, 9.17) is 9.47 Å². The van der Waals surface area contributed by atoms with E-state index in [0.29, 0.717) is 36.9 Å². The lowest BCUT2D eigenvalue weighted by Crippen LogP contribution is -2.59. The topological polar surface area (TPSA) is 213 Å². The molecule has 0 saturated carbocycles. The number of carbonyl (C=O) groups excluding carboxylic acids is 6. The van der Waals surface area contributed by atoms with E-state index in [-0.39, 0.29) is 53.6 Å². The Bertz CT molecular complexity index is 2230. The number of carbonyl (C=O) groups is 6. The summed E-state index contributed by atoms with van der Waals surface area (Å²) in [6.07, 6.45) is -5.31. The number of nitrogens with zero attached hydrogens (tertiary/aromatic N) is 3. The fourth-order valence-electron chi connectivity index (χ4n) is 8.90. The Kier molecular flexibility index (Phi) is 22.0. The first-order valence-electron chi connectivity index (χ1n) is 23.3. The van der Waals surface area contributed by atoms with E-state index in [1.807, 2.05) is 32.4 Å². The molecule has 17 nitrogen and oxygen atoms in total. The van der Waals surface area contributed by atoms with E-state index in [0.717, 1.165) is 12.1 Å². The normalized spacial score (nSPS) is 17.6. The quantitative estimate of drug-likeness (QED) is 0.102. The van der Waals surface area contributed by atoms with Crippen LogP contribution in [0.3, 0.4) is 0 Å². The zero-order valence-electron chi connectivity index (χ0n) is 42.1. The molecular formula is C49H72F3N7O10S. The number of alkyl halides is 3. The van der Waals surface area contributed by atoms with Crippen molar-refractivity contribution >= 4 is 51.2 Å². The van der Waals surface area contributed by atoms with Gasteiger partial charge in [0, 0.05) is 39.9 Å². The summed E-state index contributed by atoms with van der Waals surface area (Å²) >= 11 is 0. The second-order valence-corrected chi connectivity index (χ2v) is 20.4. The number of ether oxygens (including phenoxy) is 2. The second-order valence-electron chi connectivity index (χ2n) is 18.7. The van der Waals surface area contributed by atoms with Crippen LogP contribution in [0.5, 0.6) is 0 Å². The lowest BCUT2D eigenvalue weighted by atomic mass is 9.89. The number of halogens is 3. The largest absolute Gasteiger partial charge is 0.471 e. The van der Waals surface area contributed by atoms with E-state index in [1.54, 1.807) is 85.3 Å². The zero-order chi connectivity index (χ0) is 52.8. The van der Waals surface area contributed by atoms with Crippen LogP contribution in [0.25, 0.3) is 0 Å². The number of rotatable bonds is 25. The van der Waals surface area contributed by atoms with Crippen LogP contribution in [0.4, 0.5) is 18.9 Å². The molecule has 2 aromatic rings. The minimum absolute atomic E-state index is 0.0899. The summed E-state index contributed by atoms with van der Waals surface area (Å²) in [5, 5.41) is 7.30. The summed E-state index contributed by atoms with van der Waals surface area (Å²) < 4.78 is 78.5. The lowest BCUT2D eigenvalue weighted by Gasteiger charge is -2.41. The number of hydrogen-bond donors (Lipinski definition) is 4. The Morgan fingerprint density at radius 1 is 0.871 bits per heavy atom. The third kappa shape index (κ3) is 16.3. The maximum absolute atomic E-state index is 14.4. The fourth-order valence-corrected chi connectivity index (χ4v) is 10.1. The summed E-state index contributed by atoms with van der Waals surface area (Å²) in [5.41, 5.74) is 1.08. The molecule has 9 atom stereocenters. The van der Waals surface area contributed by atoms with Gasteiger partial charge >= 0.3 is 12.1 Å². The molecule has 0 aliphatic carbocycles. The van der Waals surface area contributed by atoms with E-state index in [2.05, 4.69) is 17.2 Å². The molecule has 2 aromatic carbocycles. The first-order chi connectivity index (χ1) is 32.7. The van der Waals surface area contributed by atoms with Gasteiger partial charge in [-0.15, -0.1) is 0 Å². The molecule has 390 valence electrons. The number of anilines is 1. The maximum atomic E-state index is 14.4. The van der Waals surface area contributed by atoms with Crippen LogP contribution in [0.2, 0.25) is 0 Å². The molecule has 21 heteroatoms. The van der Waals surface area contributed by atoms with Gasteiger partial charge < -0.3 is 35.2 Å². The van der Waals surface area contributed by atoms with E-state index in [9.17, 15) is 50.4 Å². The van der Waals surface area contributed by atoms with Crippen LogP contribution >= 0.6 is 0 Å². The number of amides is 6. The van der Waals surface area contributed by atoms with Crippen molar-refractivity contribution in [3.63, 3.8) is 0 Å². The fraction of sp³-hybridized carbons (Fsp3) is 0.592. The summed E-state index contributed by atoms with van der Waals surface area (Å²) in [6.45, 7) is 15.2. The standard InChI is InChI=1S/C49H72F3N7O10S/c1-13-31(6)42(58(10)47(64)40(29(2)3)55-46(63)41(30(4)5)57(8)9)38(68-11)27-39(60)59-25-17-20-37(59)43(69-12)32(7)44(61)54-36(26-33-18-15-14-16-19-33)45(62)56-70(66,67)28-34-21-23-35(24-22-34)53-48(65)49(50,51)52/h14-16,18-19,21-24,29,31-32,36-38,40-43H,4,13,17,20,25-28H2,1-3,5-12H3,(H,53,65)(H,54,61)(H,55,63)(H,56,62)/t31-,32+,36-,37-,38+,40-,41-,42-,43+/m0/s1. The van der Waals surface area contributed by atoms with Gasteiger partial charge in [-0.25, -0.2) is 8.42 Å². The van der Waals surface area contributed by atoms with Crippen LogP contribution in [-0.4, -0.2) is 149 Å². The van der Waals surface area contributed by atoms with Crippen LogP contribution in [0, 0.1) is 17.8 Å². The summed E-state index contributed by atoms with van der Waals surface area (Å²) in [6, 6.07) is 8.96. The first kappa shape index (κ1) is 58.9. The average molecular weight is 1010 g/mol. The van der Waals surface area contributed by atoms with Gasteiger partial charge in [-0.05, 0) is 69.0 Å². The minimum atomic E-state index is -5.13. The van der Waals surface area contributed by atoms with Gasteiger partial charge in [0.25, 0.3) is 5.91 Å². The average Bonchev–Trinajstić information content (AvgIpc) is 3.77. The smallest absolute Gasteiger partial charge is 0.379 e. The van der Waals surface area contributed by atoms with Gasteiger partial charge in [-0.2, -0.15) is 13.2 Å². The molecule has 1 fully saturated rings. The number of benzene rings is 2. The summed E-state index contributed by atoms with van der Waals surface area (Å²) in [5.74, 6) is -7.07. The first-order valence-corrected chi connectivity index (χ1v) is 24.9. The Labute approximate surface area is 410 Å². The third-order valence-electron chi connectivity index (χ3n) is 12.7. The van der Waals surface area contributed by atoms with E-state index >= 15 is 0 Å². The zero-order valence-corrected chi connectivity index (χ0v) is 42.9. The molecule has 1 heterocycles. The molecule has 0 bridgehead atoms. The molecule has 1 aliphatic rings. The Morgan fingerprint density at radius 3 is 2.00 bits per heavy atom. The lowest BCUT2D eigenvalue weighted by molar-refractivity contribution is -0.167. The highest BCUT2D eigenvalue weighted by Crippen LogP contribution is 2.30. The number of nitrogens with one attached hydrogen (secondary N) is 4. The van der Waals surface area contributed by atoms with Crippen molar-refractivity contribution in [2.24, 2.45) is 17.8 Å². The SMILES string of the molecule is C=C(C)[C@@H](C(=O)N[C@H](C(=O)N(C)[C@@H]([C@@H](C)CC)[C@@H](CC(=O)N1CCC[C@H]1[C@H](OC)[C@@H](C)C(=O)N[C@@H](Cc1ccccc1)C(=O)NS(=O)(=O)Cc1ccc(NC(=O)C(F)(F)F)cc1)OC)C(C)C)N(C)C. The summed E-state index contributed by atoms with van der Waals surface area (Å²) in [7, 11) is 3.61. The molecule has 4 N–H and O–H groups in total. The van der Waals surface area contributed by atoms with E-state index < -0.39 is 88.0 Å². The third-order valence-corrected chi connectivity index (χ3v) is 13.9. The highest BCUT2D eigenvalue weighted by Gasteiger charge is 2.44. The molecule has 0 aromatic heterocycles. The Balaban J connectivity index is 1.81. The predicted molar refractivity (Wildman–Crippen MR) is 259 cm³/mol. The van der Waals surface area contributed by atoms with Gasteiger partial charge in [-0.1, -0.05) is 95.7 Å². The minimum Gasteiger partial charge on any atom is -0.379 e. The molecule has 3 rings (SSSR count). The number of hydrogen-bond acceptors (Lipinski definition) is 11. The number of methoxy groups -OCH3 is 2. The molecule has 0 radical (unpaired) electrons. The van der Waals surface area contributed by atoms with Crippen LogP contribution < -0.4 is 20.7 Å². The molecule has 0 unspecified atom stereocenters. The van der Waals surface area contributed by atoms with Crippen LogP contribution in [0.1, 0.15) is 78.4 Å². The van der Waals surface area contributed by atoms with Gasteiger partial charge in [0.15, 0.2) is 0 Å². The molecule has 6 amide bonds. The molecule has 1 aliphatic heterocycles. The van der Waals surface area contributed by atoms with Gasteiger partial charge in [0.2, 0.25) is 33.7 Å². The monoisotopic (exact) mass is 1010 g/mol. The van der Waals surface area contributed by atoms with Crippen LogP contribution in [-0.2, 0) is 60.4 Å². The van der Waals surface area contributed by atoms with Crippen molar-refractivity contribution in [1.82, 2.24) is 30.1 Å². The number of likely N-dealkylation sites (tertiary alicyclic amines) is 1. The molecular weight excluding hydrogens is 936 g/mol. The Hall–Kier alpha value is -5.38. The van der Waals surface area contributed by atoms with Crippen molar-refractivity contribution in [2.45, 2.75) is 128 Å². The second kappa shape index (κ2) is 26.2. The van der Waals surface area contributed by atoms with Crippen molar-refractivity contribution in [1.29, 1.82) is 0 Å².